The lowest BCUT2D eigenvalue weighted by molar-refractivity contribution is 0.595. The van der Waals surface area contributed by atoms with Gasteiger partial charge in [-0.05, 0) is 25.1 Å². The molecule has 0 aliphatic rings. The Kier molecular flexibility index (Phi) is 13.6. The van der Waals surface area contributed by atoms with Crippen LogP contribution in [0.3, 0.4) is 0 Å². The molecular formula is C12H27NS. The minimum atomic E-state index is 1.19. The highest BCUT2D eigenvalue weighted by atomic mass is 32.2. The van der Waals surface area contributed by atoms with E-state index in [-0.39, 0.29) is 0 Å². The molecule has 2 heteroatoms. The molecule has 86 valence electrons. The molecule has 0 aromatic rings. The smallest absolute Gasteiger partial charge is 0.00580 e. The van der Waals surface area contributed by atoms with Gasteiger partial charge in [-0.25, -0.2) is 0 Å². The van der Waals surface area contributed by atoms with Gasteiger partial charge in [0.15, 0.2) is 0 Å². The van der Waals surface area contributed by atoms with E-state index in [0.717, 1.165) is 0 Å². The standard InChI is InChI=1S/C12H27NS/c1-3-5-6-7-8-9-13-10-12-14-11-4-2/h13H,3-12H2,1-2H3. The lowest BCUT2D eigenvalue weighted by atomic mass is 10.1. The molecule has 0 bridgehead atoms. The van der Waals surface area contributed by atoms with Crippen LogP contribution < -0.4 is 5.32 Å². The van der Waals surface area contributed by atoms with Crippen molar-refractivity contribution in [1.29, 1.82) is 0 Å². The first kappa shape index (κ1) is 14.3. The molecule has 1 nitrogen and oxygen atoms in total. The first-order valence-electron chi connectivity index (χ1n) is 6.20. The van der Waals surface area contributed by atoms with E-state index in [1.807, 2.05) is 0 Å². The van der Waals surface area contributed by atoms with Gasteiger partial charge >= 0.3 is 0 Å². The third-order valence-electron chi connectivity index (χ3n) is 2.23. The fraction of sp³-hybridized carbons (Fsp3) is 1.00. The van der Waals surface area contributed by atoms with Crippen LogP contribution in [0.5, 0.6) is 0 Å². The molecule has 0 spiro atoms. The Labute approximate surface area is 94.4 Å². The van der Waals surface area contributed by atoms with E-state index in [4.69, 9.17) is 0 Å². The Bertz CT molecular complexity index is 84.3. The van der Waals surface area contributed by atoms with E-state index in [1.165, 1.54) is 63.1 Å². The van der Waals surface area contributed by atoms with Crippen molar-refractivity contribution in [3.8, 4) is 0 Å². The molecule has 0 radical (unpaired) electrons. The number of rotatable bonds is 11. The molecule has 0 amide bonds. The Balaban J connectivity index is 2.78. The maximum Gasteiger partial charge on any atom is 0.00580 e. The van der Waals surface area contributed by atoms with Crippen LogP contribution in [0.2, 0.25) is 0 Å². The Hall–Kier alpha value is 0.310. The minimum absolute atomic E-state index is 1.19. The second-order valence-electron chi connectivity index (χ2n) is 3.78. The van der Waals surface area contributed by atoms with Gasteiger partial charge in [-0.2, -0.15) is 11.8 Å². The van der Waals surface area contributed by atoms with E-state index in [1.54, 1.807) is 0 Å². The lowest BCUT2D eigenvalue weighted by Gasteiger charge is -2.03. The molecule has 0 aliphatic heterocycles. The summed E-state index contributed by atoms with van der Waals surface area (Å²) >= 11 is 2.06. The second kappa shape index (κ2) is 13.3. The zero-order chi connectivity index (χ0) is 10.5. The van der Waals surface area contributed by atoms with Gasteiger partial charge in [-0.1, -0.05) is 39.5 Å². The summed E-state index contributed by atoms with van der Waals surface area (Å²) < 4.78 is 0. The van der Waals surface area contributed by atoms with Crippen molar-refractivity contribution in [3.05, 3.63) is 0 Å². The molecule has 0 aromatic carbocycles. The molecule has 14 heavy (non-hydrogen) atoms. The number of nitrogens with one attached hydrogen (secondary N) is 1. The summed E-state index contributed by atoms with van der Waals surface area (Å²) in [5.74, 6) is 2.60. The Morgan fingerprint density at radius 3 is 2.29 bits per heavy atom. The highest BCUT2D eigenvalue weighted by Crippen LogP contribution is 2.02. The monoisotopic (exact) mass is 217 g/mol. The largest absolute Gasteiger partial charge is 0.316 e. The van der Waals surface area contributed by atoms with Crippen molar-refractivity contribution in [3.63, 3.8) is 0 Å². The maximum atomic E-state index is 3.50. The van der Waals surface area contributed by atoms with Gasteiger partial charge in [0.25, 0.3) is 0 Å². The van der Waals surface area contributed by atoms with Crippen LogP contribution in [0.25, 0.3) is 0 Å². The van der Waals surface area contributed by atoms with Crippen LogP contribution in [0.1, 0.15) is 52.4 Å². The minimum Gasteiger partial charge on any atom is -0.316 e. The van der Waals surface area contributed by atoms with Gasteiger partial charge in [0.1, 0.15) is 0 Å². The van der Waals surface area contributed by atoms with Gasteiger partial charge in [-0.15, -0.1) is 0 Å². The molecule has 0 aliphatic carbocycles. The van der Waals surface area contributed by atoms with E-state index in [9.17, 15) is 0 Å². The van der Waals surface area contributed by atoms with Crippen LogP contribution in [0.15, 0.2) is 0 Å². The van der Waals surface area contributed by atoms with Gasteiger partial charge < -0.3 is 5.32 Å². The van der Waals surface area contributed by atoms with Crippen LogP contribution in [-0.4, -0.2) is 24.6 Å². The zero-order valence-corrected chi connectivity index (χ0v) is 10.8. The van der Waals surface area contributed by atoms with Crippen molar-refractivity contribution < 1.29 is 0 Å². The summed E-state index contributed by atoms with van der Waals surface area (Å²) in [5, 5.41) is 3.50. The van der Waals surface area contributed by atoms with Crippen LogP contribution >= 0.6 is 11.8 Å². The number of hydrogen-bond acceptors (Lipinski definition) is 2. The van der Waals surface area contributed by atoms with Gasteiger partial charge in [0.2, 0.25) is 0 Å². The highest BCUT2D eigenvalue weighted by Gasteiger charge is 1.90. The van der Waals surface area contributed by atoms with Crippen LogP contribution in [0, 0.1) is 0 Å². The predicted molar refractivity (Wildman–Crippen MR) is 69.2 cm³/mol. The van der Waals surface area contributed by atoms with Crippen molar-refractivity contribution in [1.82, 2.24) is 5.32 Å². The molecule has 0 fully saturated rings. The Morgan fingerprint density at radius 2 is 1.57 bits per heavy atom. The molecular weight excluding hydrogens is 190 g/mol. The van der Waals surface area contributed by atoms with Crippen molar-refractivity contribution in [2.24, 2.45) is 0 Å². The fourth-order valence-corrected chi connectivity index (χ4v) is 2.15. The van der Waals surface area contributed by atoms with E-state index >= 15 is 0 Å². The van der Waals surface area contributed by atoms with Gasteiger partial charge in [0.05, 0.1) is 0 Å². The number of unbranched alkanes of at least 4 members (excludes halogenated alkanes) is 4. The highest BCUT2D eigenvalue weighted by molar-refractivity contribution is 7.99. The lowest BCUT2D eigenvalue weighted by Crippen LogP contribution is -2.18. The summed E-state index contributed by atoms with van der Waals surface area (Å²) in [6.45, 7) is 6.92. The molecule has 0 aromatic heterocycles. The summed E-state index contributed by atoms with van der Waals surface area (Å²) in [5.41, 5.74) is 0. The quantitative estimate of drug-likeness (QED) is 0.530. The first-order chi connectivity index (χ1) is 6.91. The summed E-state index contributed by atoms with van der Waals surface area (Å²) in [6, 6.07) is 0. The molecule has 0 unspecified atom stereocenters. The Morgan fingerprint density at radius 1 is 0.786 bits per heavy atom. The number of thioether (sulfide) groups is 1. The molecule has 1 N–H and O–H groups in total. The van der Waals surface area contributed by atoms with E-state index in [2.05, 4.69) is 30.9 Å². The third-order valence-corrected chi connectivity index (χ3v) is 3.42. The summed E-state index contributed by atoms with van der Waals surface area (Å²) in [6.07, 6.45) is 8.25. The van der Waals surface area contributed by atoms with Crippen molar-refractivity contribution in [2.45, 2.75) is 52.4 Å². The van der Waals surface area contributed by atoms with Crippen molar-refractivity contribution in [2.75, 3.05) is 24.6 Å². The van der Waals surface area contributed by atoms with Gasteiger partial charge in [0, 0.05) is 12.3 Å². The zero-order valence-electron chi connectivity index (χ0n) is 9.98. The summed E-state index contributed by atoms with van der Waals surface area (Å²) in [4.78, 5) is 0. The van der Waals surface area contributed by atoms with Crippen LogP contribution in [0.4, 0.5) is 0 Å². The summed E-state index contributed by atoms with van der Waals surface area (Å²) in [7, 11) is 0. The molecule has 0 saturated heterocycles. The average molecular weight is 217 g/mol. The molecule has 0 rings (SSSR count). The van der Waals surface area contributed by atoms with Crippen molar-refractivity contribution >= 4 is 11.8 Å². The second-order valence-corrected chi connectivity index (χ2v) is 5.00. The topological polar surface area (TPSA) is 12.0 Å². The maximum absolute atomic E-state index is 3.50. The van der Waals surface area contributed by atoms with Crippen LogP contribution in [-0.2, 0) is 0 Å². The normalized spacial score (nSPS) is 10.7. The van der Waals surface area contributed by atoms with E-state index < -0.39 is 0 Å². The molecule has 0 heterocycles. The number of hydrogen-bond donors (Lipinski definition) is 1. The average Bonchev–Trinajstić information content (AvgIpc) is 2.21. The SMILES string of the molecule is CCCCCCCNCCSCCC. The molecule has 0 saturated carbocycles. The van der Waals surface area contributed by atoms with Gasteiger partial charge in [-0.3, -0.25) is 0 Å². The predicted octanol–water partition coefficient (Wildman–Crippen LogP) is 3.69. The van der Waals surface area contributed by atoms with E-state index in [0.29, 0.717) is 0 Å². The fourth-order valence-electron chi connectivity index (χ4n) is 1.37. The first-order valence-corrected chi connectivity index (χ1v) is 7.35. The molecule has 0 atom stereocenters. The third kappa shape index (κ3) is 12.3.